The third-order valence-electron chi connectivity index (χ3n) is 4.01. The van der Waals surface area contributed by atoms with Crippen LogP contribution in [0, 0.1) is 13.8 Å². The van der Waals surface area contributed by atoms with Gasteiger partial charge in [-0.15, -0.1) is 6.58 Å². The highest BCUT2D eigenvalue weighted by Gasteiger charge is 2.38. The molecule has 1 aliphatic heterocycles. The SMILES string of the molecule is C=CCN([C@@H]1CCS(=O)(=O)C1)S(=O)(=O)c1ccc(C)c(C)c1. The van der Waals surface area contributed by atoms with E-state index in [0.717, 1.165) is 11.1 Å². The van der Waals surface area contributed by atoms with Crippen LogP contribution in [0.25, 0.3) is 0 Å². The molecule has 1 aliphatic rings. The third-order valence-corrected chi connectivity index (χ3v) is 7.67. The molecule has 7 heteroatoms. The summed E-state index contributed by atoms with van der Waals surface area (Å²) in [6.45, 7) is 7.46. The van der Waals surface area contributed by atoms with Crippen molar-refractivity contribution in [1.29, 1.82) is 0 Å². The van der Waals surface area contributed by atoms with Gasteiger partial charge >= 0.3 is 0 Å². The van der Waals surface area contributed by atoms with Gasteiger partial charge in [0, 0.05) is 12.6 Å². The van der Waals surface area contributed by atoms with E-state index in [-0.39, 0.29) is 22.9 Å². The van der Waals surface area contributed by atoms with Gasteiger partial charge in [-0.2, -0.15) is 4.31 Å². The summed E-state index contributed by atoms with van der Waals surface area (Å²) in [5.74, 6) is -0.0847. The second kappa shape index (κ2) is 6.14. The van der Waals surface area contributed by atoms with Crippen molar-refractivity contribution < 1.29 is 16.8 Å². The van der Waals surface area contributed by atoms with Gasteiger partial charge in [0.2, 0.25) is 10.0 Å². The zero-order chi connectivity index (χ0) is 16.5. The predicted octanol–water partition coefficient (Wildman–Crippen LogP) is 1.67. The van der Waals surface area contributed by atoms with E-state index >= 15 is 0 Å². The summed E-state index contributed by atoms with van der Waals surface area (Å²) in [4.78, 5) is 0.196. The Kier molecular flexibility index (Phi) is 4.79. The van der Waals surface area contributed by atoms with Crippen LogP contribution in [0.1, 0.15) is 17.5 Å². The topological polar surface area (TPSA) is 71.5 Å². The molecule has 1 aromatic carbocycles. The van der Waals surface area contributed by atoms with E-state index in [0.29, 0.717) is 6.42 Å². The second-order valence-electron chi connectivity index (χ2n) is 5.67. The number of sulfonamides is 1. The van der Waals surface area contributed by atoms with Crippen LogP contribution in [0.3, 0.4) is 0 Å². The predicted molar refractivity (Wildman–Crippen MR) is 87.1 cm³/mol. The Labute approximate surface area is 132 Å². The molecule has 0 aromatic heterocycles. The maximum atomic E-state index is 12.9. The maximum Gasteiger partial charge on any atom is 0.243 e. The van der Waals surface area contributed by atoms with Crippen LogP contribution in [0.15, 0.2) is 35.7 Å². The number of benzene rings is 1. The first-order valence-corrected chi connectivity index (χ1v) is 10.3. The van der Waals surface area contributed by atoms with Crippen LogP contribution in [0.4, 0.5) is 0 Å². The monoisotopic (exact) mass is 343 g/mol. The second-order valence-corrected chi connectivity index (χ2v) is 9.79. The summed E-state index contributed by atoms with van der Waals surface area (Å²) in [6, 6.07) is 4.44. The molecule has 1 aromatic rings. The molecule has 22 heavy (non-hydrogen) atoms. The summed E-state index contributed by atoms with van der Waals surface area (Å²) < 4.78 is 50.3. The molecular weight excluding hydrogens is 322 g/mol. The minimum absolute atomic E-state index is 0.0355. The van der Waals surface area contributed by atoms with Crippen LogP contribution < -0.4 is 0 Å². The molecule has 0 amide bonds. The first-order chi connectivity index (χ1) is 10.2. The van der Waals surface area contributed by atoms with Crippen molar-refractivity contribution in [2.24, 2.45) is 0 Å². The molecule has 0 radical (unpaired) electrons. The number of hydrogen-bond acceptors (Lipinski definition) is 4. The maximum absolute atomic E-state index is 12.9. The summed E-state index contributed by atoms with van der Waals surface area (Å²) in [5, 5.41) is 0. The van der Waals surface area contributed by atoms with Gasteiger partial charge in [0.1, 0.15) is 0 Å². The van der Waals surface area contributed by atoms with Gasteiger partial charge in [0.25, 0.3) is 0 Å². The molecular formula is C15H21NO4S2. The van der Waals surface area contributed by atoms with E-state index in [4.69, 9.17) is 0 Å². The van der Waals surface area contributed by atoms with Crippen LogP contribution in [-0.4, -0.2) is 45.2 Å². The average Bonchev–Trinajstić information content (AvgIpc) is 2.78. The summed E-state index contributed by atoms with van der Waals surface area (Å²) >= 11 is 0. The van der Waals surface area contributed by atoms with E-state index in [1.165, 1.54) is 10.4 Å². The van der Waals surface area contributed by atoms with Gasteiger partial charge < -0.3 is 0 Å². The van der Waals surface area contributed by atoms with Crippen molar-refractivity contribution in [3.63, 3.8) is 0 Å². The van der Waals surface area contributed by atoms with E-state index in [1.54, 1.807) is 18.2 Å². The summed E-state index contributed by atoms with van der Waals surface area (Å²) in [6.07, 6.45) is 1.82. The molecule has 1 heterocycles. The quantitative estimate of drug-likeness (QED) is 0.763. The Bertz CT molecular complexity index is 782. The van der Waals surface area contributed by atoms with Crippen molar-refractivity contribution in [3.8, 4) is 0 Å². The molecule has 0 unspecified atom stereocenters. The molecule has 1 atom stereocenters. The van der Waals surface area contributed by atoms with Gasteiger partial charge in [0.15, 0.2) is 9.84 Å². The fraction of sp³-hybridized carbons (Fsp3) is 0.467. The molecule has 0 bridgehead atoms. The molecule has 122 valence electrons. The lowest BCUT2D eigenvalue weighted by Crippen LogP contribution is -2.41. The average molecular weight is 343 g/mol. The minimum atomic E-state index is -3.74. The Hall–Kier alpha value is -1.18. The molecule has 2 rings (SSSR count). The van der Waals surface area contributed by atoms with Gasteiger partial charge in [-0.1, -0.05) is 12.1 Å². The highest BCUT2D eigenvalue weighted by atomic mass is 32.2. The van der Waals surface area contributed by atoms with Gasteiger partial charge in [0.05, 0.1) is 16.4 Å². The third kappa shape index (κ3) is 3.42. The molecule has 0 saturated carbocycles. The van der Waals surface area contributed by atoms with Gasteiger partial charge in [-0.3, -0.25) is 0 Å². The number of hydrogen-bond donors (Lipinski definition) is 0. The molecule has 1 saturated heterocycles. The standard InChI is InChI=1S/C15H21NO4S2/c1-4-8-16(14-7-9-21(17,18)11-14)22(19,20)15-6-5-12(2)13(3)10-15/h4-6,10,14H,1,7-9,11H2,2-3H3/t14-/m1/s1. The van der Waals surface area contributed by atoms with Crippen molar-refractivity contribution in [2.45, 2.75) is 31.2 Å². The molecule has 0 N–H and O–H groups in total. The number of aryl methyl sites for hydroxylation is 2. The fourth-order valence-electron chi connectivity index (χ4n) is 2.58. The first kappa shape index (κ1) is 17.2. The Morgan fingerprint density at radius 2 is 2.00 bits per heavy atom. The minimum Gasteiger partial charge on any atom is -0.229 e. The van der Waals surface area contributed by atoms with Crippen LogP contribution in [-0.2, 0) is 19.9 Å². The van der Waals surface area contributed by atoms with Gasteiger partial charge in [-0.05, 0) is 43.5 Å². The number of sulfone groups is 1. The number of rotatable bonds is 5. The highest BCUT2D eigenvalue weighted by Crippen LogP contribution is 2.26. The smallest absolute Gasteiger partial charge is 0.229 e. The van der Waals surface area contributed by atoms with E-state index in [1.807, 2.05) is 13.8 Å². The zero-order valence-electron chi connectivity index (χ0n) is 12.8. The lowest BCUT2D eigenvalue weighted by Gasteiger charge is -2.26. The Morgan fingerprint density at radius 1 is 1.32 bits per heavy atom. The van der Waals surface area contributed by atoms with Crippen LogP contribution in [0.2, 0.25) is 0 Å². The van der Waals surface area contributed by atoms with Crippen LogP contribution in [0.5, 0.6) is 0 Å². The van der Waals surface area contributed by atoms with Crippen molar-refractivity contribution in [3.05, 3.63) is 42.0 Å². The largest absolute Gasteiger partial charge is 0.243 e. The zero-order valence-corrected chi connectivity index (χ0v) is 14.5. The van der Waals surface area contributed by atoms with Gasteiger partial charge in [-0.25, -0.2) is 16.8 Å². The molecule has 0 aliphatic carbocycles. The Morgan fingerprint density at radius 3 is 2.50 bits per heavy atom. The van der Waals surface area contributed by atoms with Crippen molar-refractivity contribution >= 4 is 19.9 Å². The number of nitrogens with zero attached hydrogens (tertiary/aromatic N) is 1. The van der Waals surface area contributed by atoms with Crippen molar-refractivity contribution in [1.82, 2.24) is 4.31 Å². The lowest BCUT2D eigenvalue weighted by molar-refractivity contribution is 0.367. The normalized spacial score (nSPS) is 21.1. The highest BCUT2D eigenvalue weighted by molar-refractivity contribution is 7.92. The van der Waals surface area contributed by atoms with E-state index in [9.17, 15) is 16.8 Å². The Balaban J connectivity index is 2.42. The summed E-state index contributed by atoms with van der Waals surface area (Å²) in [7, 11) is -6.90. The van der Waals surface area contributed by atoms with E-state index < -0.39 is 25.9 Å². The van der Waals surface area contributed by atoms with Crippen molar-refractivity contribution in [2.75, 3.05) is 18.1 Å². The molecule has 0 spiro atoms. The van der Waals surface area contributed by atoms with Crippen LogP contribution >= 0.6 is 0 Å². The lowest BCUT2D eigenvalue weighted by atomic mass is 10.1. The summed E-state index contributed by atoms with van der Waals surface area (Å²) in [5.41, 5.74) is 1.90. The molecule has 5 nitrogen and oxygen atoms in total. The van der Waals surface area contributed by atoms with E-state index in [2.05, 4.69) is 6.58 Å². The first-order valence-electron chi connectivity index (χ1n) is 7.08. The molecule has 1 fully saturated rings. The fourth-order valence-corrected chi connectivity index (χ4v) is 6.12.